The molecule has 0 aliphatic carbocycles. The predicted octanol–water partition coefficient (Wildman–Crippen LogP) is 3.14. The number of thioether (sulfide) groups is 1. The minimum Gasteiger partial charge on any atom is -0.364 e. The Morgan fingerprint density at radius 1 is 1.03 bits per heavy atom. The summed E-state index contributed by atoms with van der Waals surface area (Å²) in [5, 5.41) is 19.2. The fourth-order valence-electron chi connectivity index (χ4n) is 3.23. The standard InChI is InChI=1S/C23H25N7OS/c1-32-19-6-4-17(5-7-19)12-14-25-23(31)11-10-22-28-27-21-9-8-20(29-30(21)22)26-16-18-3-2-13-24-15-18/h2-9,13,15H,10-12,14,16H2,1H3,(H,25,31)(H,26,29). The van der Waals surface area contributed by atoms with Gasteiger partial charge in [0.2, 0.25) is 5.91 Å². The van der Waals surface area contributed by atoms with Crippen LogP contribution in [0.3, 0.4) is 0 Å². The van der Waals surface area contributed by atoms with Gasteiger partial charge in [0.25, 0.3) is 0 Å². The van der Waals surface area contributed by atoms with Crippen LogP contribution in [-0.2, 0) is 24.2 Å². The largest absolute Gasteiger partial charge is 0.364 e. The van der Waals surface area contributed by atoms with Crippen LogP contribution in [0.25, 0.3) is 5.65 Å². The number of rotatable bonds is 10. The second-order valence-electron chi connectivity index (χ2n) is 7.27. The molecule has 3 heterocycles. The number of nitrogens with zero attached hydrogens (tertiary/aromatic N) is 5. The third-order valence-electron chi connectivity index (χ3n) is 4.99. The molecule has 4 aromatic rings. The third kappa shape index (κ3) is 5.82. The molecule has 1 aromatic carbocycles. The number of hydrogen-bond donors (Lipinski definition) is 2. The van der Waals surface area contributed by atoms with E-state index in [0.29, 0.717) is 43.2 Å². The van der Waals surface area contributed by atoms with Crippen LogP contribution in [0.1, 0.15) is 23.4 Å². The lowest BCUT2D eigenvalue weighted by atomic mass is 10.1. The molecule has 0 atom stereocenters. The quantitative estimate of drug-likeness (QED) is 0.361. The van der Waals surface area contributed by atoms with Gasteiger partial charge in [-0.2, -0.15) is 4.52 Å². The monoisotopic (exact) mass is 447 g/mol. The van der Waals surface area contributed by atoms with E-state index < -0.39 is 0 Å². The number of nitrogens with one attached hydrogen (secondary N) is 2. The summed E-state index contributed by atoms with van der Waals surface area (Å²) in [6.45, 7) is 1.23. The van der Waals surface area contributed by atoms with E-state index in [1.807, 2.05) is 30.5 Å². The van der Waals surface area contributed by atoms with E-state index in [1.165, 1.54) is 10.5 Å². The number of hydrogen-bond acceptors (Lipinski definition) is 7. The number of benzene rings is 1. The Morgan fingerprint density at radius 2 is 1.91 bits per heavy atom. The van der Waals surface area contributed by atoms with E-state index in [-0.39, 0.29) is 5.91 Å². The van der Waals surface area contributed by atoms with Crippen LogP contribution in [0.5, 0.6) is 0 Å². The summed E-state index contributed by atoms with van der Waals surface area (Å²) in [4.78, 5) is 17.6. The molecule has 0 aliphatic heterocycles. The number of pyridine rings is 1. The van der Waals surface area contributed by atoms with Crippen LogP contribution < -0.4 is 10.6 Å². The minimum atomic E-state index is -0.00617. The highest BCUT2D eigenvalue weighted by atomic mass is 32.2. The topological polar surface area (TPSA) is 97.1 Å². The molecule has 0 radical (unpaired) electrons. The zero-order valence-electron chi connectivity index (χ0n) is 17.9. The van der Waals surface area contributed by atoms with E-state index in [1.54, 1.807) is 22.5 Å². The van der Waals surface area contributed by atoms with E-state index >= 15 is 0 Å². The number of fused-ring (bicyclic) bond motifs is 1. The lowest BCUT2D eigenvalue weighted by molar-refractivity contribution is -0.121. The Hall–Kier alpha value is -3.46. The van der Waals surface area contributed by atoms with E-state index in [9.17, 15) is 4.79 Å². The van der Waals surface area contributed by atoms with Crippen molar-refractivity contribution >= 4 is 29.1 Å². The summed E-state index contributed by atoms with van der Waals surface area (Å²) in [5.74, 6) is 1.36. The van der Waals surface area contributed by atoms with Gasteiger partial charge in [0.1, 0.15) is 5.82 Å². The molecule has 0 spiro atoms. The number of carbonyl (C=O) groups excluding carboxylic acids is 1. The summed E-state index contributed by atoms with van der Waals surface area (Å²) in [5.41, 5.74) is 2.93. The van der Waals surface area contributed by atoms with E-state index in [0.717, 1.165) is 12.0 Å². The van der Waals surface area contributed by atoms with Gasteiger partial charge < -0.3 is 10.6 Å². The summed E-state index contributed by atoms with van der Waals surface area (Å²) in [6, 6.07) is 16.0. The molecule has 0 saturated carbocycles. The first-order valence-corrected chi connectivity index (χ1v) is 11.7. The highest BCUT2D eigenvalue weighted by Gasteiger charge is 2.10. The molecule has 3 aromatic heterocycles. The van der Waals surface area contributed by atoms with Crippen molar-refractivity contribution in [2.45, 2.75) is 30.7 Å². The molecule has 0 unspecified atom stereocenters. The Labute approximate surface area is 190 Å². The van der Waals surface area contributed by atoms with Crippen LogP contribution in [-0.4, -0.2) is 43.5 Å². The molecule has 0 bridgehead atoms. The maximum Gasteiger partial charge on any atom is 0.220 e. The molecule has 32 heavy (non-hydrogen) atoms. The van der Waals surface area contributed by atoms with Gasteiger partial charge in [-0.15, -0.1) is 27.1 Å². The maximum atomic E-state index is 12.3. The summed E-state index contributed by atoms with van der Waals surface area (Å²) in [7, 11) is 0. The zero-order valence-corrected chi connectivity index (χ0v) is 18.7. The van der Waals surface area contributed by atoms with Gasteiger partial charge in [-0.1, -0.05) is 18.2 Å². The van der Waals surface area contributed by atoms with Crippen LogP contribution in [0.4, 0.5) is 5.82 Å². The second-order valence-corrected chi connectivity index (χ2v) is 8.15. The van der Waals surface area contributed by atoms with Crippen molar-refractivity contribution in [2.75, 3.05) is 18.1 Å². The highest BCUT2D eigenvalue weighted by Crippen LogP contribution is 2.15. The van der Waals surface area contributed by atoms with E-state index in [2.05, 4.69) is 61.4 Å². The molecular weight excluding hydrogens is 422 g/mol. The second kappa shape index (κ2) is 10.7. The number of anilines is 1. The van der Waals surface area contributed by atoms with Crippen molar-refractivity contribution in [3.8, 4) is 0 Å². The molecule has 0 saturated heterocycles. The Kier molecular flexibility index (Phi) is 7.29. The third-order valence-corrected chi connectivity index (χ3v) is 5.74. The van der Waals surface area contributed by atoms with Gasteiger partial charge in [0, 0.05) is 43.2 Å². The Bertz CT molecular complexity index is 1160. The molecule has 164 valence electrons. The van der Waals surface area contributed by atoms with Gasteiger partial charge in [-0.25, -0.2) is 0 Å². The fraction of sp³-hybridized carbons (Fsp3) is 0.261. The van der Waals surface area contributed by atoms with Gasteiger partial charge >= 0.3 is 0 Å². The van der Waals surface area contributed by atoms with Crippen molar-refractivity contribution in [2.24, 2.45) is 0 Å². The van der Waals surface area contributed by atoms with Crippen LogP contribution >= 0.6 is 11.8 Å². The van der Waals surface area contributed by atoms with Crippen LogP contribution in [0, 0.1) is 0 Å². The number of carbonyl (C=O) groups is 1. The van der Waals surface area contributed by atoms with Crippen molar-refractivity contribution in [1.82, 2.24) is 30.1 Å². The Balaban J connectivity index is 1.28. The Morgan fingerprint density at radius 3 is 2.69 bits per heavy atom. The summed E-state index contributed by atoms with van der Waals surface area (Å²) < 4.78 is 1.69. The molecule has 2 N–H and O–H groups in total. The van der Waals surface area contributed by atoms with E-state index in [4.69, 9.17) is 0 Å². The first-order valence-electron chi connectivity index (χ1n) is 10.4. The molecule has 0 aliphatic rings. The molecule has 9 heteroatoms. The summed E-state index contributed by atoms with van der Waals surface area (Å²) >= 11 is 1.72. The fourth-order valence-corrected chi connectivity index (χ4v) is 3.64. The molecular formula is C23H25N7OS. The smallest absolute Gasteiger partial charge is 0.220 e. The van der Waals surface area contributed by atoms with Gasteiger partial charge in [0.15, 0.2) is 11.5 Å². The average Bonchev–Trinajstić information content (AvgIpc) is 3.25. The van der Waals surface area contributed by atoms with Gasteiger partial charge in [-0.3, -0.25) is 9.78 Å². The van der Waals surface area contributed by atoms with Crippen LogP contribution in [0.2, 0.25) is 0 Å². The number of aryl methyl sites for hydroxylation is 1. The summed E-state index contributed by atoms with van der Waals surface area (Å²) in [6.07, 6.45) is 7.23. The highest BCUT2D eigenvalue weighted by molar-refractivity contribution is 7.98. The molecule has 4 rings (SSSR count). The lowest BCUT2D eigenvalue weighted by Gasteiger charge is -2.07. The van der Waals surface area contributed by atoms with Crippen molar-refractivity contribution in [1.29, 1.82) is 0 Å². The first kappa shape index (κ1) is 21.8. The molecule has 1 amide bonds. The van der Waals surface area contributed by atoms with Gasteiger partial charge in [-0.05, 0) is 54.1 Å². The molecule has 8 nitrogen and oxygen atoms in total. The normalized spacial score (nSPS) is 10.9. The minimum absolute atomic E-state index is 0.00617. The van der Waals surface area contributed by atoms with Crippen LogP contribution in [0.15, 0.2) is 65.8 Å². The number of amides is 1. The lowest BCUT2D eigenvalue weighted by Crippen LogP contribution is -2.26. The predicted molar refractivity (Wildman–Crippen MR) is 126 cm³/mol. The maximum absolute atomic E-state index is 12.3. The first-order chi connectivity index (χ1) is 15.7. The van der Waals surface area contributed by atoms with Crippen molar-refractivity contribution < 1.29 is 4.79 Å². The SMILES string of the molecule is CSc1ccc(CCNC(=O)CCc2nnc3ccc(NCc4cccnc4)nn23)cc1. The molecule has 0 fully saturated rings. The van der Waals surface area contributed by atoms with Crippen molar-refractivity contribution in [3.05, 3.63) is 77.9 Å². The zero-order chi connectivity index (χ0) is 22.2. The number of aromatic nitrogens is 5. The average molecular weight is 448 g/mol. The van der Waals surface area contributed by atoms with Crippen molar-refractivity contribution in [3.63, 3.8) is 0 Å². The van der Waals surface area contributed by atoms with Gasteiger partial charge in [0.05, 0.1) is 0 Å².